The van der Waals surface area contributed by atoms with Crippen molar-refractivity contribution in [2.75, 3.05) is 27.3 Å². The van der Waals surface area contributed by atoms with Crippen LogP contribution in [0.5, 0.6) is 11.5 Å². The fraction of sp³-hybridized carbons (Fsp3) is 0.500. The zero-order valence-electron chi connectivity index (χ0n) is 15.9. The van der Waals surface area contributed by atoms with Gasteiger partial charge in [-0.3, -0.25) is 4.79 Å². The smallest absolute Gasteiger partial charge is 0.266 e. The van der Waals surface area contributed by atoms with E-state index in [0.717, 1.165) is 53.5 Å². The monoisotopic (exact) mass is 387 g/mol. The van der Waals surface area contributed by atoms with Crippen LogP contribution in [-0.2, 0) is 0 Å². The summed E-state index contributed by atoms with van der Waals surface area (Å²) in [7, 11) is 3.24. The summed E-state index contributed by atoms with van der Waals surface area (Å²) in [6.45, 7) is 3.80. The molecule has 2 aromatic rings. The predicted octanol–water partition coefficient (Wildman–Crippen LogP) is 3.10. The molecule has 1 N–H and O–H groups in total. The molecule has 2 fully saturated rings. The molecule has 2 aliphatic rings. The molecule has 6 nitrogen and oxygen atoms in total. The van der Waals surface area contributed by atoms with Gasteiger partial charge in [-0.1, -0.05) is 0 Å². The third kappa shape index (κ3) is 3.30. The van der Waals surface area contributed by atoms with Crippen LogP contribution >= 0.6 is 11.3 Å². The topological polar surface area (TPSA) is 63.7 Å². The standard InChI is InChI=1S/C20H25N3O3S/c1-12-18(20(24)23-14-5-6-15(23)11-21-9-8-14)27-19(22-12)13-4-7-16(25-2)17(10-13)26-3/h4,7,10,14-15,21H,5-6,8-9,11H2,1-3H3. The van der Waals surface area contributed by atoms with Crippen molar-refractivity contribution in [3.05, 3.63) is 28.8 Å². The Morgan fingerprint density at radius 3 is 2.74 bits per heavy atom. The number of ether oxygens (including phenoxy) is 2. The lowest BCUT2D eigenvalue weighted by Gasteiger charge is -2.27. The number of fused-ring (bicyclic) bond motifs is 2. The fourth-order valence-corrected chi connectivity index (χ4v) is 5.13. The van der Waals surface area contributed by atoms with E-state index in [2.05, 4.69) is 15.2 Å². The number of methoxy groups -OCH3 is 2. The Morgan fingerprint density at radius 2 is 1.96 bits per heavy atom. The number of rotatable bonds is 4. The zero-order valence-corrected chi connectivity index (χ0v) is 16.8. The number of amides is 1. The van der Waals surface area contributed by atoms with Crippen molar-refractivity contribution >= 4 is 17.2 Å². The van der Waals surface area contributed by atoms with E-state index in [1.54, 1.807) is 14.2 Å². The van der Waals surface area contributed by atoms with E-state index >= 15 is 0 Å². The van der Waals surface area contributed by atoms with Crippen LogP contribution in [-0.4, -0.2) is 55.2 Å². The van der Waals surface area contributed by atoms with Crippen LogP contribution in [0.2, 0.25) is 0 Å². The molecule has 1 aromatic carbocycles. The van der Waals surface area contributed by atoms with Crippen molar-refractivity contribution < 1.29 is 14.3 Å². The summed E-state index contributed by atoms with van der Waals surface area (Å²) in [5, 5.41) is 4.28. The van der Waals surface area contributed by atoms with Gasteiger partial charge in [0.25, 0.3) is 5.91 Å². The number of hydrogen-bond acceptors (Lipinski definition) is 6. The number of thiazole rings is 1. The van der Waals surface area contributed by atoms with E-state index in [1.807, 2.05) is 25.1 Å². The number of nitrogens with one attached hydrogen (secondary N) is 1. The maximum absolute atomic E-state index is 13.3. The van der Waals surface area contributed by atoms with Crippen molar-refractivity contribution in [3.63, 3.8) is 0 Å². The normalized spacial score (nSPS) is 21.8. The lowest BCUT2D eigenvalue weighted by atomic mass is 10.1. The first kappa shape index (κ1) is 18.3. The molecule has 2 atom stereocenters. The number of carbonyl (C=O) groups excluding carboxylic acids is 1. The van der Waals surface area contributed by atoms with Gasteiger partial charge in [0.05, 0.1) is 19.9 Å². The van der Waals surface area contributed by atoms with E-state index in [0.29, 0.717) is 23.6 Å². The summed E-state index contributed by atoms with van der Waals surface area (Å²) in [5.74, 6) is 1.47. The van der Waals surface area contributed by atoms with Crippen LogP contribution in [0.25, 0.3) is 10.6 Å². The van der Waals surface area contributed by atoms with Crippen LogP contribution in [0, 0.1) is 6.92 Å². The van der Waals surface area contributed by atoms with Crippen molar-refractivity contribution in [1.29, 1.82) is 0 Å². The number of aromatic nitrogens is 1. The number of nitrogens with zero attached hydrogens (tertiary/aromatic N) is 2. The van der Waals surface area contributed by atoms with E-state index < -0.39 is 0 Å². The minimum atomic E-state index is 0.132. The molecule has 0 radical (unpaired) electrons. The summed E-state index contributed by atoms with van der Waals surface area (Å²) >= 11 is 1.47. The molecule has 0 aliphatic carbocycles. The lowest BCUT2D eigenvalue weighted by molar-refractivity contribution is 0.0684. The molecule has 144 valence electrons. The maximum atomic E-state index is 13.3. The van der Waals surface area contributed by atoms with Gasteiger partial charge in [-0.2, -0.15) is 0 Å². The second kappa shape index (κ2) is 7.48. The van der Waals surface area contributed by atoms with Crippen LogP contribution in [0.4, 0.5) is 0 Å². The van der Waals surface area contributed by atoms with E-state index in [1.165, 1.54) is 11.3 Å². The molecule has 4 rings (SSSR count). The summed E-state index contributed by atoms with van der Waals surface area (Å²) in [6, 6.07) is 6.38. The van der Waals surface area contributed by atoms with Crippen molar-refractivity contribution in [3.8, 4) is 22.1 Å². The largest absolute Gasteiger partial charge is 0.493 e. The molecule has 2 unspecified atom stereocenters. The van der Waals surface area contributed by atoms with E-state index in [-0.39, 0.29) is 5.91 Å². The number of carbonyl (C=O) groups is 1. The molecule has 1 aromatic heterocycles. The molecule has 1 amide bonds. The number of benzene rings is 1. The van der Waals surface area contributed by atoms with Gasteiger partial charge < -0.3 is 19.7 Å². The number of hydrogen-bond donors (Lipinski definition) is 1. The summed E-state index contributed by atoms with van der Waals surface area (Å²) in [6.07, 6.45) is 3.23. The third-order valence-electron chi connectivity index (χ3n) is 5.51. The quantitative estimate of drug-likeness (QED) is 0.873. The van der Waals surface area contributed by atoms with Gasteiger partial charge in [0.1, 0.15) is 9.88 Å². The Morgan fingerprint density at radius 1 is 1.19 bits per heavy atom. The Kier molecular flexibility index (Phi) is 5.06. The van der Waals surface area contributed by atoms with Gasteiger partial charge in [-0.15, -0.1) is 11.3 Å². The molecule has 3 heterocycles. The Bertz CT molecular complexity index is 837. The molecule has 7 heteroatoms. The first-order chi connectivity index (χ1) is 13.1. The second-order valence-corrected chi connectivity index (χ2v) is 8.09. The van der Waals surface area contributed by atoms with Gasteiger partial charge in [-0.05, 0) is 50.9 Å². The molecule has 0 spiro atoms. The van der Waals surface area contributed by atoms with Gasteiger partial charge in [0, 0.05) is 24.2 Å². The van der Waals surface area contributed by atoms with Gasteiger partial charge in [-0.25, -0.2) is 4.98 Å². The molecule has 2 bridgehead atoms. The van der Waals surface area contributed by atoms with Gasteiger partial charge >= 0.3 is 0 Å². The van der Waals surface area contributed by atoms with E-state index in [9.17, 15) is 4.79 Å². The summed E-state index contributed by atoms with van der Waals surface area (Å²) in [4.78, 5) is 20.9. The Balaban J connectivity index is 1.65. The number of aryl methyl sites for hydroxylation is 1. The first-order valence-electron chi connectivity index (χ1n) is 9.35. The molecular formula is C20H25N3O3S. The first-order valence-corrected chi connectivity index (χ1v) is 10.2. The Labute approximate surface area is 163 Å². The average molecular weight is 388 g/mol. The fourth-order valence-electron chi connectivity index (χ4n) is 4.12. The molecule has 2 saturated heterocycles. The van der Waals surface area contributed by atoms with Crippen LogP contribution in [0.1, 0.15) is 34.6 Å². The van der Waals surface area contributed by atoms with Crippen LogP contribution in [0.15, 0.2) is 18.2 Å². The minimum absolute atomic E-state index is 0.132. The van der Waals surface area contributed by atoms with Crippen LogP contribution in [0.3, 0.4) is 0 Å². The zero-order chi connectivity index (χ0) is 19.0. The SMILES string of the molecule is COc1ccc(-c2nc(C)c(C(=O)N3C4CCNCC3CC4)s2)cc1OC. The molecular weight excluding hydrogens is 362 g/mol. The van der Waals surface area contributed by atoms with Crippen LogP contribution < -0.4 is 14.8 Å². The summed E-state index contributed by atoms with van der Waals surface area (Å²) in [5.41, 5.74) is 1.73. The van der Waals surface area contributed by atoms with Crippen molar-refractivity contribution in [2.24, 2.45) is 0 Å². The molecule has 2 aliphatic heterocycles. The highest BCUT2D eigenvalue weighted by Gasteiger charge is 2.39. The second-order valence-electron chi connectivity index (χ2n) is 7.09. The molecule has 27 heavy (non-hydrogen) atoms. The Hall–Kier alpha value is -2.12. The predicted molar refractivity (Wildman–Crippen MR) is 106 cm³/mol. The van der Waals surface area contributed by atoms with Crippen molar-refractivity contribution in [2.45, 2.75) is 38.3 Å². The van der Waals surface area contributed by atoms with Gasteiger partial charge in [0.15, 0.2) is 11.5 Å². The highest BCUT2D eigenvalue weighted by Crippen LogP contribution is 2.37. The molecule has 0 saturated carbocycles. The van der Waals surface area contributed by atoms with Gasteiger partial charge in [0.2, 0.25) is 0 Å². The maximum Gasteiger partial charge on any atom is 0.266 e. The lowest BCUT2D eigenvalue weighted by Crippen LogP contribution is -2.42. The van der Waals surface area contributed by atoms with Crippen molar-refractivity contribution in [1.82, 2.24) is 15.2 Å². The highest BCUT2D eigenvalue weighted by atomic mass is 32.1. The summed E-state index contributed by atoms with van der Waals surface area (Å²) < 4.78 is 10.7. The minimum Gasteiger partial charge on any atom is -0.493 e. The van der Waals surface area contributed by atoms with E-state index in [4.69, 9.17) is 9.47 Å². The average Bonchev–Trinajstić information content (AvgIpc) is 3.19. The third-order valence-corrected chi connectivity index (χ3v) is 6.70. The highest BCUT2D eigenvalue weighted by molar-refractivity contribution is 7.17.